The van der Waals surface area contributed by atoms with E-state index in [9.17, 15) is 9.59 Å². The summed E-state index contributed by atoms with van der Waals surface area (Å²) in [6, 6.07) is 1.29. The molecule has 19 heavy (non-hydrogen) atoms. The first kappa shape index (κ1) is 13.6. The van der Waals surface area contributed by atoms with Crippen molar-refractivity contribution < 1.29 is 14.0 Å². The SMILES string of the molecule is CCCNC(=O)[C@@H]1CCCCN1C(=O)c1ccoc1. The molecule has 5 heteroatoms. The van der Waals surface area contributed by atoms with Crippen molar-refractivity contribution in [3.63, 3.8) is 0 Å². The van der Waals surface area contributed by atoms with Crippen LogP contribution in [0.25, 0.3) is 0 Å². The van der Waals surface area contributed by atoms with Gasteiger partial charge < -0.3 is 14.6 Å². The fourth-order valence-electron chi connectivity index (χ4n) is 2.37. The molecule has 1 aromatic heterocycles. The summed E-state index contributed by atoms with van der Waals surface area (Å²) in [5.74, 6) is -0.163. The molecule has 5 nitrogen and oxygen atoms in total. The van der Waals surface area contributed by atoms with Crippen molar-refractivity contribution in [3.05, 3.63) is 24.2 Å². The van der Waals surface area contributed by atoms with Crippen molar-refractivity contribution in [1.29, 1.82) is 0 Å². The smallest absolute Gasteiger partial charge is 0.257 e. The molecule has 1 saturated heterocycles. The third-order valence-corrected chi connectivity index (χ3v) is 3.38. The number of nitrogens with zero attached hydrogens (tertiary/aromatic N) is 1. The zero-order valence-electron chi connectivity index (χ0n) is 11.2. The van der Waals surface area contributed by atoms with Crippen LogP contribution in [0.1, 0.15) is 43.0 Å². The van der Waals surface area contributed by atoms with Crippen LogP contribution in [-0.2, 0) is 4.79 Å². The maximum Gasteiger partial charge on any atom is 0.257 e. The highest BCUT2D eigenvalue weighted by atomic mass is 16.3. The van der Waals surface area contributed by atoms with E-state index in [2.05, 4.69) is 5.32 Å². The normalized spacial score (nSPS) is 19.2. The van der Waals surface area contributed by atoms with Crippen LogP contribution in [0, 0.1) is 0 Å². The second-order valence-corrected chi connectivity index (χ2v) is 4.81. The molecule has 1 aliphatic heterocycles. The van der Waals surface area contributed by atoms with E-state index in [1.165, 1.54) is 12.5 Å². The van der Waals surface area contributed by atoms with Gasteiger partial charge in [-0.2, -0.15) is 0 Å². The molecule has 0 saturated carbocycles. The second kappa shape index (κ2) is 6.41. The summed E-state index contributed by atoms with van der Waals surface area (Å²) in [4.78, 5) is 26.1. The minimum atomic E-state index is -0.345. The van der Waals surface area contributed by atoms with Crippen molar-refractivity contribution in [1.82, 2.24) is 10.2 Å². The lowest BCUT2D eigenvalue weighted by Gasteiger charge is -2.34. The van der Waals surface area contributed by atoms with Crippen LogP contribution in [0.5, 0.6) is 0 Å². The molecule has 104 valence electrons. The fourth-order valence-corrected chi connectivity index (χ4v) is 2.37. The average Bonchev–Trinajstić information content (AvgIpc) is 2.98. The molecule has 2 amide bonds. The maximum atomic E-state index is 12.3. The van der Waals surface area contributed by atoms with Gasteiger partial charge in [0.05, 0.1) is 11.8 Å². The van der Waals surface area contributed by atoms with Gasteiger partial charge in [0.15, 0.2) is 0 Å². The van der Waals surface area contributed by atoms with Crippen LogP contribution in [0.15, 0.2) is 23.0 Å². The van der Waals surface area contributed by atoms with Crippen LogP contribution in [0.3, 0.4) is 0 Å². The molecular formula is C14H20N2O3. The molecule has 0 bridgehead atoms. The number of nitrogens with one attached hydrogen (secondary N) is 1. The largest absolute Gasteiger partial charge is 0.472 e. The summed E-state index contributed by atoms with van der Waals surface area (Å²) in [7, 11) is 0. The summed E-state index contributed by atoms with van der Waals surface area (Å²) >= 11 is 0. The molecule has 2 rings (SSSR count). The standard InChI is InChI=1S/C14H20N2O3/c1-2-7-15-13(17)12-5-3-4-8-16(12)14(18)11-6-9-19-10-11/h6,9-10,12H,2-5,7-8H2,1H3,(H,15,17)/t12-/m0/s1. The molecule has 1 fully saturated rings. The van der Waals surface area contributed by atoms with Gasteiger partial charge in [0.25, 0.3) is 5.91 Å². The first-order valence-electron chi connectivity index (χ1n) is 6.85. The Bertz CT molecular complexity index is 428. The topological polar surface area (TPSA) is 62.6 Å². The van der Waals surface area contributed by atoms with E-state index < -0.39 is 0 Å². The number of hydrogen-bond donors (Lipinski definition) is 1. The highest BCUT2D eigenvalue weighted by molar-refractivity contribution is 5.97. The molecule has 0 aromatic carbocycles. The third kappa shape index (κ3) is 3.16. The van der Waals surface area contributed by atoms with Gasteiger partial charge in [-0.25, -0.2) is 0 Å². The highest BCUT2D eigenvalue weighted by Gasteiger charge is 2.32. The van der Waals surface area contributed by atoms with E-state index >= 15 is 0 Å². The van der Waals surface area contributed by atoms with E-state index in [-0.39, 0.29) is 17.9 Å². The Morgan fingerprint density at radius 3 is 3.00 bits per heavy atom. The highest BCUT2D eigenvalue weighted by Crippen LogP contribution is 2.20. The minimum Gasteiger partial charge on any atom is -0.472 e. The Kier molecular flexibility index (Phi) is 4.60. The number of hydrogen-bond acceptors (Lipinski definition) is 3. The molecule has 0 unspecified atom stereocenters. The van der Waals surface area contributed by atoms with Gasteiger partial charge in [-0.15, -0.1) is 0 Å². The summed E-state index contributed by atoms with van der Waals surface area (Å²) in [5.41, 5.74) is 0.509. The quantitative estimate of drug-likeness (QED) is 0.902. The zero-order valence-corrected chi connectivity index (χ0v) is 11.2. The van der Waals surface area contributed by atoms with Crippen molar-refractivity contribution in [2.24, 2.45) is 0 Å². The summed E-state index contributed by atoms with van der Waals surface area (Å²) < 4.78 is 4.94. The Balaban J connectivity index is 2.07. The average molecular weight is 264 g/mol. The van der Waals surface area contributed by atoms with Gasteiger partial charge in [-0.1, -0.05) is 6.92 Å². The van der Waals surface area contributed by atoms with E-state index in [4.69, 9.17) is 4.42 Å². The monoisotopic (exact) mass is 264 g/mol. The number of piperidine rings is 1. The first-order valence-corrected chi connectivity index (χ1v) is 6.85. The zero-order chi connectivity index (χ0) is 13.7. The van der Waals surface area contributed by atoms with Gasteiger partial charge >= 0.3 is 0 Å². The lowest BCUT2D eigenvalue weighted by molar-refractivity contribution is -0.126. The van der Waals surface area contributed by atoms with E-state index in [1.54, 1.807) is 11.0 Å². The Morgan fingerprint density at radius 2 is 2.32 bits per heavy atom. The number of carbonyl (C=O) groups is 2. The first-order chi connectivity index (χ1) is 9.24. The van der Waals surface area contributed by atoms with Crippen LogP contribution >= 0.6 is 0 Å². The number of rotatable bonds is 4. The molecule has 0 radical (unpaired) electrons. The van der Waals surface area contributed by atoms with Crippen LogP contribution in [-0.4, -0.2) is 35.8 Å². The maximum absolute atomic E-state index is 12.3. The second-order valence-electron chi connectivity index (χ2n) is 4.81. The molecule has 0 spiro atoms. The van der Waals surface area contributed by atoms with E-state index in [0.717, 1.165) is 25.7 Å². The molecule has 1 aliphatic rings. The Morgan fingerprint density at radius 1 is 1.47 bits per heavy atom. The van der Waals surface area contributed by atoms with Crippen molar-refractivity contribution in [2.45, 2.75) is 38.6 Å². The lowest BCUT2D eigenvalue weighted by atomic mass is 10.0. The fraction of sp³-hybridized carbons (Fsp3) is 0.571. The predicted molar refractivity (Wildman–Crippen MR) is 70.7 cm³/mol. The minimum absolute atomic E-state index is 0.0432. The number of furan rings is 1. The predicted octanol–water partition coefficient (Wildman–Crippen LogP) is 1.80. The van der Waals surface area contributed by atoms with Crippen LogP contribution in [0.4, 0.5) is 0 Å². The number of likely N-dealkylation sites (tertiary alicyclic amines) is 1. The van der Waals surface area contributed by atoms with Gasteiger partial charge in [-0.3, -0.25) is 9.59 Å². The van der Waals surface area contributed by atoms with Crippen LogP contribution in [0.2, 0.25) is 0 Å². The van der Waals surface area contributed by atoms with Gasteiger partial charge in [0, 0.05) is 13.1 Å². The van der Waals surface area contributed by atoms with E-state index in [0.29, 0.717) is 18.7 Å². The Hall–Kier alpha value is -1.78. The lowest BCUT2D eigenvalue weighted by Crippen LogP contribution is -2.52. The third-order valence-electron chi connectivity index (χ3n) is 3.38. The molecule has 0 aliphatic carbocycles. The molecule has 1 atom stereocenters. The molecule has 1 N–H and O–H groups in total. The summed E-state index contributed by atoms with van der Waals surface area (Å²) in [5, 5.41) is 2.88. The van der Waals surface area contributed by atoms with Crippen molar-refractivity contribution >= 4 is 11.8 Å². The molecule has 2 heterocycles. The van der Waals surface area contributed by atoms with Gasteiger partial charge in [-0.05, 0) is 31.7 Å². The Labute approximate surface area is 113 Å². The van der Waals surface area contributed by atoms with Crippen LogP contribution < -0.4 is 5.32 Å². The summed E-state index contributed by atoms with van der Waals surface area (Å²) in [6.07, 6.45) is 6.47. The summed E-state index contributed by atoms with van der Waals surface area (Å²) in [6.45, 7) is 3.30. The molecule has 1 aromatic rings. The molecular weight excluding hydrogens is 244 g/mol. The van der Waals surface area contributed by atoms with Crippen molar-refractivity contribution in [3.8, 4) is 0 Å². The van der Waals surface area contributed by atoms with Crippen molar-refractivity contribution in [2.75, 3.05) is 13.1 Å². The van der Waals surface area contributed by atoms with Gasteiger partial charge in [0.1, 0.15) is 12.3 Å². The number of carbonyl (C=O) groups excluding carboxylic acids is 2. The number of amides is 2. The van der Waals surface area contributed by atoms with E-state index in [1.807, 2.05) is 6.92 Å². The van der Waals surface area contributed by atoms with Gasteiger partial charge in [0.2, 0.25) is 5.91 Å².